The highest BCUT2D eigenvalue weighted by Crippen LogP contribution is 2.32. The molecule has 0 spiro atoms. The van der Waals surface area contributed by atoms with Crippen molar-refractivity contribution in [3.63, 3.8) is 0 Å². The average Bonchev–Trinajstić information content (AvgIpc) is 3.30. The first-order chi connectivity index (χ1) is 15.5. The zero-order chi connectivity index (χ0) is 22.7. The molecule has 4 amide bonds. The number of hydrogen-bond acceptors (Lipinski definition) is 5. The van der Waals surface area contributed by atoms with E-state index in [2.05, 4.69) is 5.32 Å². The lowest BCUT2D eigenvalue weighted by molar-refractivity contribution is -0.123. The van der Waals surface area contributed by atoms with E-state index in [1.54, 1.807) is 41.3 Å². The predicted octanol–water partition coefficient (Wildman–Crippen LogP) is 3.74. The first kappa shape index (κ1) is 21.8. The highest BCUT2D eigenvalue weighted by atomic mass is 16.3. The number of rotatable bonds is 5. The lowest BCUT2D eigenvalue weighted by Gasteiger charge is -2.34. The standard InChI is InChI=1S/C24H27N3O5/c1-16(28)25-17-10-12-19(13-11-17)27-22(29)15-20(23(27)30)26(18-7-4-2-3-5-8-18)24(31)21-9-6-14-32-21/h6,9-14,18,20H,2-5,7-8,15H2,1H3,(H,25,28). The molecule has 1 N–H and O–H groups in total. The average molecular weight is 437 g/mol. The first-order valence-corrected chi connectivity index (χ1v) is 11.1. The summed E-state index contributed by atoms with van der Waals surface area (Å²) in [5, 5.41) is 2.66. The van der Waals surface area contributed by atoms with Crippen molar-refractivity contribution in [3.05, 3.63) is 48.4 Å². The quantitative estimate of drug-likeness (QED) is 0.567. The summed E-state index contributed by atoms with van der Waals surface area (Å²) < 4.78 is 5.34. The van der Waals surface area contributed by atoms with Crippen molar-refractivity contribution < 1.29 is 23.6 Å². The Morgan fingerprint density at radius 2 is 1.72 bits per heavy atom. The van der Waals surface area contributed by atoms with Crippen molar-refractivity contribution >= 4 is 35.0 Å². The van der Waals surface area contributed by atoms with E-state index in [4.69, 9.17) is 4.42 Å². The molecule has 2 fully saturated rings. The van der Waals surface area contributed by atoms with Crippen LogP contribution < -0.4 is 10.2 Å². The van der Waals surface area contributed by atoms with Crippen molar-refractivity contribution in [2.75, 3.05) is 10.2 Å². The van der Waals surface area contributed by atoms with Crippen LogP contribution in [0.2, 0.25) is 0 Å². The number of imide groups is 1. The molecule has 1 saturated carbocycles. The second-order valence-electron chi connectivity index (χ2n) is 8.35. The van der Waals surface area contributed by atoms with Crippen molar-refractivity contribution in [1.82, 2.24) is 4.90 Å². The van der Waals surface area contributed by atoms with E-state index in [0.717, 1.165) is 43.4 Å². The van der Waals surface area contributed by atoms with Gasteiger partial charge in [-0.15, -0.1) is 0 Å². The third-order valence-electron chi connectivity index (χ3n) is 6.09. The van der Waals surface area contributed by atoms with Gasteiger partial charge in [-0.25, -0.2) is 4.90 Å². The van der Waals surface area contributed by atoms with Gasteiger partial charge in [0.25, 0.3) is 11.8 Å². The van der Waals surface area contributed by atoms with Gasteiger partial charge in [-0.3, -0.25) is 19.2 Å². The molecule has 2 heterocycles. The lowest BCUT2D eigenvalue weighted by atomic mass is 10.0. The summed E-state index contributed by atoms with van der Waals surface area (Å²) in [7, 11) is 0. The number of carbonyl (C=O) groups is 4. The third-order valence-corrected chi connectivity index (χ3v) is 6.09. The fourth-order valence-corrected chi connectivity index (χ4v) is 4.63. The minimum atomic E-state index is -0.863. The first-order valence-electron chi connectivity index (χ1n) is 11.1. The molecule has 32 heavy (non-hydrogen) atoms. The van der Waals surface area contributed by atoms with Crippen molar-refractivity contribution in [2.45, 2.75) is 64.0 Å². The molecule has 8 heteroatoms. The number of nitrogens with one attached hydrogen (secondary N) is 1. The Labute approximate surface area is 186 Å². The van der Waals surface area contributed by atoms with Gasteiger partial charge in [-0.2, -0.15) is 0 Å². The third kappa shape index (κ3) is 4.44. The molecule has 0 bridgehead atoms. The van der Waals surface area contributed by atoms with Gasteiger partial charge < -0.3 is 14.6 Å². The van der Waals surface area contributed by atoms with Gasteiger partial charge in [0, 0.05) is 18.7 Å². The molecule has 1 aliphatic carbocycles. The Balaban J connectivity index is 1.62. The number of carbonyl (C=O) groups excluding carboxylic acids is 4. The summed E-state index contributed by atoms with van der Waals surface area (Å²) in [5.41, 5.74) is 0.993. The second kappa shape index (κ2) is 9.38. The molecular weight excluding hydrogens is 410 g/mol. The molecular formula is C24H27N3O5. The topological polar surface area (TPSA) is 99.9 Å². The minimum Gasteiger partial charge on any atom is -0.459 e. The molecule has 2 aromatic rings. The number of anilines is 2. The van der Waals surface area contributed by atoms with E-state index < -0.39 is 11.9 Å². The number of hydrogen-bond donors (Lipinski definition) is 1. The number of amides is 4. The van der Waals surface area contributed by atoms with Gasteiger partial charge in [0.1, 0.15) is 6.04 Å². The smallest absolute Gasteiger partial charge is 0.290 e. The molecule has 1 aliphatic heterocycles. The van der Waals surface area contributed by atoms with Crippen LogP contribution in [0.15, 0.2) is 47.1 Å². The van der Waals surface area contributed by atoms with Crippen LogP contribution in [-0.4, -0.2) is 40.6 Å². The van der Waals surface area contributed by atoms with Crippen LogP contribution in [0.3, 0.4) is 0 Å². The lowest BCUT2D eigenvalue weighted by Crippen LogP contribution is -2.50. The van der Waals surface area contributed by atoms with E-state index in [9.17, 15) is 19.2 Å². The SMILES string of the molecule is CC(=O)Nc1ccc(N2C(=O)CC(N(C(=O)c3ccco3)C3CCCCCC3)C2=O)cc1. The molecule has 2 aliphatic rings. The molecule has 4 rings (SSSR count). The molecule has 1 atom stereocenters. The Morgan fingerprint density at radius 3 is 2.31 bits per heavy atom. The van der Waals surface area contributed by atoms with Gasteiger partial charge in [0.2, 0.25) is 11.8 Å². The van der Waals surface area contributed by atoms with E-state index in [-0.39, 0.29) is 35.9 Å². The molecule has 1 unspecified atom stereocenters. The second-order valence-corrected chi connectivity index (χ2v) is 8.35. The van der Waals surface area contributed by atoms with Crippen LogP contribution in [-0.2, 0) is 14.4 Å². The Morgan fingerprint density at radius 1 is 1.03 bits per heavy atom. The number of nitrogens with zero attached hydrogens (tertiary/aromatic N) is 2. The highest BCUT2D eigenvalue weighted by molar-refractivity contribution is 6.23. The molecule has 1 saturated heterocycles. The maximum Gasteiger partial charge on any atom is 0.290 e. The van der Waals surface area contributed by atoms with Crippen molar-refractivity contribution in [1.29, 1.82) is 0 Å². The summed E-state index contributed by atoms with van der Waals surface area (Å²) in [6.07, 6.45) is 7.14. The van der Waals surface area contributed by atoms with E-state index >= 15 is 0 Å². The Hall–Kier alpha value is -3.42. The monoisotopic (exact) mass is 437 g/mol. The molecule has 1 aromatic heterocycles. The summed E-state index contributed by atoms with van der Waals surface area (Å²) in [6.45, 7) is 1.41. The fourth-order valence-electron chi connectivity index (χ4n) is 4.63. The maximum atomic E-state index is 13.4. The van der Waals surface area contributed by atoms with Crippen LogP contribution >= 0.6 is 0 Å². The van der Waals surface area contributed by atoms with Gasteiger partial charge in [-0.1, -0.05) is 25.7 Å². The van der Waals surface area contributed by atoms with E-state index in [1.165, 1.54) is 13.2 Å². The summed E-state index contributed by atoms with van der Waals surface area (Å²) in [6, 6.07) is 8.77. The normalized spacial score (nSPS) is 19.7. The Kier molecular flexibility index (Phi) is 6.39. The zero-order valence-corrected chi connectivity index (χ0v) is 18.1. The van der Waals surface area contributed by atoms with Crippen LogP contribution in [0.25, 0.3) is 0 Å². The molecule has 0 radical (unpaired) electrons. The van der Waals surface area contributed by atoms with Crippen molar-refractivity contribution in [2.24, 2.45) is 0 Å². The minimum absolute atomic E-state index is 0.0603. The highest BCUT2D eigenvalue weighted by Gasteiger charge is 2.47. The van der Waals surface area contributed by atoms with E-state index in [1.807, 2.05) is 0 Å². The summed E-state index contributed by atoms with van der Waals surface area (Å²) in [5.74, 6) is -1.14. The van der Waals surface area contributed by atoms with Crippen LogP contribution in [0.4, 0.5) is 11.4 Å². The van der Waals surface area contributed by atoms with Crippen LogP contribution in [0.1, 0.15) is 62.4 Å². The largest absolute Gasteiger partial charge is 0.459 e. The van der Waals surface area contributed by atoms with Crippen LogP contribution in [0, 0.1) is 0 Å². The van der Waals surface area contributed by atoms with Gasteiger partial charge in [0.15, 0.2) is 5.76 Å². The Bertz CT molecular complexity index is 991. The van der Waals surface area contributed by atoms with Gasteiger partial charge >= 0.3 is 0 Å². The molecule has 1 aromatic carbocycles. The number of benzene rings is 1. The molecule has 8 nitrogen and oxygen atoms in total. The van der Waals surface area contributed by atoms with E-state index in [0.29, 0.717) is 11.4 Å². The summed E-state index contributed by atoms with van der Waals surface area (Å²) >= 11 is 0. The fraction of sp³-hybridized carbons (Fsp3) is 0.417. The zero-order valence-electron chi connectivity index (χ0n) is 18.1. The summed E-state index contributed by atoms with van der Waals surface area (Å²) in [4.78, 5) is 53.7. The predicted molar refractivity (Wildman–Crippen MR) is 118 cm³/mol. The number of furan rings is 1. The van der Waals surface area contributed by atoms with Gasteiger partial charge in [0.05, 0.1) is 18.4 Å². The maximum absolute atomic E-state index is 13.4. The van der Waals surface area contributed by atoms with Crippen molar-refractivity contribution in [3.8, 4) is 0 Å². The van der Waals surface area contributed by atoms with Gasteiger partial charge in [-0.05, 0) is 49.2 Å². The molecule has 168 valence electrons. The van der Waals surface area contributed by atoms with Crippen LogP contribution in [0.5, 0.6) is 0 Å².